The maximum absolute atomic E-state index is 12.4. The largest absolute Gasteiger partial charge is 0.423 e. The first kappa shape index (κ1) is 17.9. The Morgan fingerprint density at radius 3 is 1.40 bits per heavy atom. The molecule has 0 radical (unpaired) electrons. The van der Waals surface area contributed by atoms with E-state index in [1.54, 1.807) is 48.5 Å². The van der Waals surface area contributed by atoms with Crippen LogP contribution in [0.3, 0.4) is 0 Å². The molecule has 0 atom stereocenters. The molecule has 1 aliphatic carbocycles. The predicted molar refractivity (Wildman–Crippen MR) is 100 cm³/mol. The minimum absolute atomic E-state index is 0.394. The quantitative estimate of drug-likeness (QED) is 0.459. The van der Waals surface area contributed by atoms with Crippen molar-refractivity contribution in [2.45, 2.75) is 19.3 Å². The molecule has 0 unspecified atom stereocenters. The summed E-state index contributed by atoms with van der Waals surface area (Å²) in [6, 6.07) is 13.9. The van der Waals surface area contributed by atoms with Gasteiger partial charge in [0, 0.05) is 20.1 Å². The van der Waals surface area contributed by atoms with Crippen LogP contribution in [0.25, 0.3) is 0 Å². The number of hydrogen-bond acceptors (Lipinski definition) is 4. The Morgan fingerprint density at radius 2 is 1.04 bits per heavy atom. The summed E-state index contributed by atoms with van der Waals surface area (Å²) >= 11 is 6.66. The molecule has 0 aromatic heterocycles. The number of carbonyl (C=O) groups is 2. The first-order valence-electron chi connectivity index (χ1n) is 7.70. The second-order valence-corrected chi connectivity index (χ2v) is 7.33. The van der Waals surface area contributed by atoms with E-state index < -0.39 is 11.9 Å². The minimum Gasteiger partial charge on any atom is -0.423 e. The number of halogens is 2. The van der Waals surface area contributed by atoms with Gasteiger partial charge in [-0.1, -0.05) is 31.9 Å². The van der Waals surface area contributed by atoms with Gasteiger partial charge in [0.25, 0.3) is 0 Å². The number of ether oxygens (including phenoxy) is 2. The van der Waals surface area contributed by atoms with Crippen molar-refractivity contribution < 1.29 is 19.1 Å². The molecular weight excluding hydrogens is 452 g/mol. The summed E-state index contributed by atoms with van der Waals surface area (Å²) in [5, 5.41) is 0. The normalized spacial score (nSPS) is 13.7. The lowest BCUT2D eigenvalue weighted by Crippen LogP contribution is -2.17. The number of hydrogen-bond donors (Lipinski definition) is 0. The topological polar surface area (TPSA) is 52.6 Å². The zero-order valence-electron chi connectivity index (χ0n) is 13.1. The van der Waals surface area contributed by atoms with Crippen LogP contribution in [0.1, 0.15) is 19.3 Å². The highest BCUT2D eigenvalue weighted by atomic mass is 79.9. The van der Waals surface area contributed by atoms with Crippen molar-refractivity contribution in [1.29, 1.82) is 0 Å². The van der Waals surface area contributed by atoms with Gasteiger partial charge >= 0.3 is 11.9 Å². The molecular formula is C19H14Br2O4. The first-order valence-corrected chi connectivity index (χ1v) is 9.29. The van der Waals surface area contributed by atoms with E-state index in [0.717, 1.165) is 15.4 Å². The molecule has 2 aromatic carbocycles. The van der Waals surface area contributed by atoms with Gasteiger partial charge in [0.1, 0.15) is 11.5 Å². The van der Waals surface area contributed by atoms with Crippen molar-refractivity contribution in [1.82, 2.24) is 0 Å². The average Bonchev–Trinajstić information content (AvgIpc) is 3.09. The highest BCUT2D eigenvalue weighted by Gasteiger charge is 2.28. The highest BCUT2D eigenvalue weighted by molar-refractivity contribution is 9.10. The molecule has 0 N–H and O–H groups in total. The molecule has 0 fully saturated rings. The molecule has 3 rings (SSSR count). The van der Waals surface area contributed by atoms with Crippen molar-refractivity contribution in [2.24, 2.45) is 0 Å². The minimum atomic E-state index is -0.498. The van der Waals surface area contributed by atoms with Gasteiger partial charge in [0.2, 0.25) is 0 Å². The number of carbonyl (C=O) groups excluding carboxylic acids is 2. The van der Waals surface area contributed by atoms with Crippen molar-refractivity contribution >= 4 is 43.8 Å². The standard InChI is InChI=1S/C19H14Br2O4/c20-12-4-8-14(9-5-12)24-18(22)16-2-1-3-17(16)19(23)25-15-10-6-13(21)7-11-15/h4-11H,1-3H2. The molecule has 0 heterocycles. The van der Waals surface area contributed by atoms with Crippen LogP contribution in [-0.4, -0.2) is 11.9 Å². The summed E-state index contributed by atoms with van der Waals surface area (Å²) in [6.45, 7) is 0. The van der Waals surface area contributed by atoms with Crippen molar-refractivity contribution in [3.63, 3.8) is 0 Å². The maximum atomic E-state index is 12.4. The average molecular weight is 466 g/mol. The lowest BCUT2D eigenvalue weighted by molar-refractivity contribution is -0.133. The number of benzene rings is 2. The zero-order valence-corrected chi connectivity index (χ0v) is 16.3. The molecule has 0 spiro atoms. The molecule has 128 valence electrons. The van der Waals surface area contributed by atoms with Crippen LogP contribution in [0.2, 0.25) is 0 Å². The second kappa shape index (κ2) is 7.97. The number of esters is 2. The monoisotopic (exact) mass is 464 g/mol. The van der Waals surface area contributed by atoms with Gasteiger partial charge in [-0.15, -0.1) is 0 Å². The Labute approximate surface area is 162 Å². The Bertz CT molecular complexity index is 754. The Balaban J connectivity index is 1.74. The van der Waals surface area contributed by atoms with E-state index in [1.165, 1.54) is 0 Å². The smallest absolute Gasteiger partial charge is 0.339 e. The summed E-state index contributed by atoms with van der Waals surface area (Å²) < 4.78 is 12.5. The van der Waals surface area contributed by atoms with Gasteiger partial charge in [-0.2, -0.15) is 0 Å². The third kappa shape index (κ3) is 4.58. The summed E-state index contributed by atoms with van der Waals surface area (Å²) in [6.07, 6.45) is 1.76. The van der Waals surface area contributed by atoms with Crippen LogP contribution in [0, 0.1) is 0 Å². The Hall–Kier alpha value is -1.92. The molecule has 2 aromatic rings. The predicted octanol–water partition coefficient (Wildman–Crippen LogP) is 5.20. The van der Waals surface area contributed by atoms with Crippen LogP contribution < -0.4 is 9.47 Å². The van der Waals surface area contributed by atoms with E-state index in [9.17, 15) is 9.59 Å². The molecule has 0 saturated heterocycles. The third-order valence-electron chi connectivity index (χ3n) is 3.76. The molecule has 6 heteroatoms. The molecule has 4 nitrogen and oxygen atoms in total. The fraction of sp³-hybridized carbons (Fsp3) is 0.158. The van der Waals surface area contributed by atoms with Gasteiger partial charge in [-0.05, 0) is 67.8 Å². The van der Waals surface area contributed by atoms with Crippen LogP contribution in [0.15, 0.2) is 68.6 Å². The first-order chi connectivity index (χ1) is 12.0. The zero-order chi connectivity index (χ0) is 17.8. The van der Waals surface area contributed by atoms with E-state index >= 15 is 0 Å². The molecule has 25 heavy (non-hydrogen) atoms. The van der Waals surface area contributed by atoms with Crippen LogP contribution in [0.4, 0.5) is 0 Å². The molecule has 0 amide bonds. The van der Waals surface area contributed by atoms with Crippen LogP contribution in [-0.2, 0) is 9.59 Å². The SMILES string of the molecule is O=C(Oc1ccc(Br)cc1)C1=C(C(=O)Oc2ccc(Br)cc2)CCC1. The van der Waals surface area contributed by atoms with E-state index in [1.807, 2.05) is 0 Å². The van der Waals surface area contributed by atoms with Gasteiger partial charge < -0.3 is 9.47 Å². The molecule has 0 bridgehead atoms. The van der Waals surface area contributed by atoms with E-state index in [2.05, 4.69) is 31.9 Å². The molecule has 0 aliphatic heterocycles. The van der Waals surface area contributed by atoms with Crippen molar-refractivity contribution in [2.75, 3.05) is 0 Å². The summed E-state index contributed by atoms with van der Waals surface area (Å²) in [5.41, 5.74) is 0.787. The van der Waals surface area contributed by atoms with E-state index in [0.29, 0.717) is 35.5 Å². The highest BCUT2D eigenvalue weighted by Crippen LogP contribution is 2.29. The summed E-state index contributed by atoms with van der Waals surface area (Å²) in [7, 11) is 0. The number of rotatable bonds is 4. The Kier molecular flexibility index (Phi) is 5.71. The van der Waals surface area contributed by atoms with Crippen LogP contribution >= 0.6 is 31.9 Å². The van der Waals surface area contributed by atoms with Gasteiger partial charge in [-0.3, -0.25) is 0 Å². The fourth-order valence-corrected chi connectivity index (χ4v) is 3.07. The van der Waals surface area contributed by atoms with Crippen LogP contribution in [0.5, 0.6) is 11.5 Å². The van der Waals surface area contributed by atoms with Gasteiger partial charge in [-0.25, -0.2) is 9.59 Å². The van der Waals surface area contributed by atoms with Gasteiger partial charge in [0.15, 0.2) is 0 Å². The van der Waals surface area contributed by atoms with E-state index in [-0.39, 0.29) is 0 Å². The fourth-order valence-electron chi connectivity index (χ4n) is 2.54. The summed E-state index contributed by atoms with van der Waals surface area (Å²) in [5.74, 6) is -0.119. The maximum Gasteiger partial charge on any atom is 0.339 e. The lowest BCUT2D eigenvalue weighted by atomic mass is 10.1. The van der Waals surface area contributed by atoms with Crippen molar-refractivity contribution in [3.05, 3.63) is 68.6 Å². The van der Waals surface area contributed by atoms with Crippen molar-refractivity contribution in [3.8, 4) is 11.5 Å². The molecule has 0 saturated carbocycles. The summed E-state index contributed by atoms with van der Waals surface area (Å²) in [4.78, 5) is 24.8. The second-order valence-electron chi connectivity index (χ2n) is 5.50. The van der Waals surface area contributed by atoms with E-state index in [4.69, 9.17) is 9.47 Å². The molecule has 1 aliphatic rings. The lowest BCUT2D eigenvalue weighted by Gasteiger charge is -2.08. The Morgan fingerprint density at radius 1 is 0.680 bits per heavy atom. The van der Waals surface area contributed by atoms with Gasteiger partial charge in [0.05, 0.1) is 0 Å². The third-order valence-corrected chi connectivity index (χ3v) is 4.82.